The summed E-state index contributed by atoms with van der Waals surface area (Å²) in [6.07, 6.45) is 0. The Morgan fingerprint density at radius 1 is 1.32 bits per heavy atom. The smallest absolute Gasteiger partial charge is 0.224 e. The molecule has 1 heterocycles. The Bertz CT molecular complexity index is 624. The first-order chi connectivity index (χ1) is 11.8. The molecule has 0 bridgehead atoms. The summed E-state index contributed by atoms with van der Waals surface area (Å²) in [5.41, 5.74) is 5.94. The first kappa shape index (κ1) is 19.4. The van der Waals surface area contributed by atoms with Crippen molar-refractivity contribution in [3.05, 3.63) is 29.3 Å². The number of aliphatic imine (C=N–C) groups is 1. The van der Waals surface area contributed by atoms with Crippen molar-refractivity contribution in [1.29, 1.82) is 0 Å². The SMILES string of the molecule is CCNC(=NCC(C)(C)C(N)=O)N1CCN(c2cccc(Cl)c2)CC1. The van der Waals surface area contributed by atoms with Gasteiger partial charge in [0.2, 0.25) is 5.91 Å². The van der Waals surface area contributed by atoms with Crippen LogP contribution < -0.4 is 16.0 Å². The second-order valence-electron chi connectivity index (χ2n) is 6.87. The van der Waals surface area contributed by atoms with Crippen LogP contribution in [0.1, 0.15) is 20.8 Å². The number of carbonyl (C=O) groups is 1. The Morgan fingerprint density at radius 3 is 2.56 bits per heavy atom. The molecule has 1 aliphatic heterocycles. The molecular weight excluding hydrogens is 338 g/mol. The predicted octanol–water partition coefficient (Wildman–Crippen LogP) is 1.94. The van der Waals surface area contributed by atoms with Crippen LogP contribution in [0.5, 0.6) is 0 Å². The summed E-state index contributed by atoms with van der Waals surface area (Å²) >= 11 is 6.09. The predicted molar refractivity (Wildman–Crippen MR) is 104 cm³/mol. The number of guanidine groups is 1. The Labute approximate surface area is 155 Å². The first-order valence-corrected chi connectivity index (χ1v) is 9.05. The zero-order chi connectivity index (χ0) is 18.4. The monoisotopic (exact) mass is 365 g/mol. The molecule has 1 fully saturated rings. The van der Waals surface area contributed by atoms with Gasteiger partial charge in [-0.05, 0) is 39.0 Å². The fraction of sp³-hybridized carbons (Fsp3) is 0.556. The lowest BCUT2D eigenvalue weighted by atomic mass is 9.93. The number of piperazine rings is 1. The molecule has 1 aliphatic rings. The number of halogens is 1. The number of carbonyl (C=O) groups excluding carboxylic acids is 1. The molecule has 3 N–H and O–H groups in total. The van der Waals surface area contributed by atoms with Crippen molar-refractivity contribution < 1.29 is 4.79 Å². The van der Waals surface area contributed by atoms with Crippen molar-refractivity contribution in [1.82, 2.24) is 10.2 Å². The Morgan fingerprint density at radius 2 is 2.00 bits per heavy atom. The molecule has 0 aliphatic carbocycles. The van der Waals surface area contributed by atoms with Crippen LogP contribution in [0.4, 0.5) is 5.69 Å². The molecule has 25 heavy (non-hydrogen) atoms. The van der Waals surface area contributed by atoms with Gasteiger partial charge in [0.1, 0.15) is 0 Å². The highest BCUT2D eigenvalue weighted by molar-refractivity contribution is 6.30. The van der Waals surface area contributed by atoms with Gasteiger partial charge in [0.25, 0.3) is 0 Å². The van der Waals surface area contributed by atoms with E-state index >= 15 is 0 Å². The molecule has 1 aromatic rings. The number of hydrogen-bond acceptors (Lipinski definition) is 3. The Hall–Kier alpha value is -1.95. The molecule has 7 heteroatoms. The van der Waals surface area contributed by atoms with Crippen LogP contribution in [-0.2, 0) is 4.79 Å². The normalized spacial score (nSPS) is 16.1. The first-order valence-electron chi connectivity index (χ1n) is 8.67. The van der Waals surface area contributed by atoms with Gasteiger partial charge in [0.05, 0.1) is 12.0 Å². The fourth-order valence-electron chi connectivity index (χ4n) is 2.63. The molecule has 0 radical (unpaired) electrons. The molecule has 6 nitrogen and oxygen atoms in total. The summed E-state index contributed by atoms with van der Waals surface area (Å²) in [5, 5.41) is 4.06. The molecule has 0 unspecified atom stereocenters. The van der Waals surface area contributed by atoms with E-state index in [-0.39, 0.29) is 5.91 Å². The summed E-state index contributed by atoms with van der Waals surface area (Å²) in [4.78, 5) is 20.7. The van der Waals surface area contributed by atoms with Crippen molar-refractivity contribution in [3.8, 4) is 0 Å². The minimum atomic E-state index is -0.650. The maximum absolute atomic E-state index is 11.5. The van der Waals surface area contributed by atoms with Crippen molar-refractivity contribution >= 4 is 29.2 Å². The molecule has 0 spiro atoms. The van der Waals surface area contributed by atoms with Crippen LogP contribution in [-0.4, -0.2) is 56.0 Å². The minimum absolute atomic E-state index is 0.335. The maximum Gasteiger partial charge on any atom is 0.224 e. The number of anilines is 1. The third-order valence-corrected chi connectivity index (χ3v) is 4.61. The Balaban J connectivity index is 2.01. The fourth-order valence-corrected chi connectivity index (χ4v) is 2.81. The Kier molecular flexibility index (Phi) is 6.53. The molecule has 138 valence electrons. The average molecular weight is 366 g/mol. The van der Waals surface area contributed by atoms with E-state index < -0.39 is 5.41 Å². The van der Waals surface area contributed by atoms with E-state index in [4.69, 9.17) is 17.3 Å². The van der Waals surface area contributed by atoms with Crippen LogP contribution in [0, 0.1) is 5.41 Å². The van der Waals surface area contributed by atoms with Gasteiger partial charge in [0.15, 0.2) is 5.96 Å². The van der Waals surface area contributed by atoms with Gasteiger partial charge < -0.3 is 20.9 Å². The van der Waals surface area contributed by atoms with E-state index in [2.05, 4.69) is 26.2 Å². The molecule has 2 rings (SSSR count). The van der Waals surface area contributed by atoms with Gasteiger partial charge in [-0.3, -0.25) is 9.79 Å². The van der Waals surface area contributed by atoms with Crippen LogP contribution in [0.15, 0.2) is 29.3 Å². The molecule has 0 saturated carbocycles. The van der Waals surface area contributed by atoms with Crippen LogP contribution in [0.2, 0.25) is 5.02 Å². The van der Waals surface area contributed by atoms with Gasteiger partial charge >= 0.3 is 0 Å². The number of nitrogens with zero attached hydrogens (tertiary/aromatic N) is 3. The summed E-state index contributed by atoms with van der Waals surface area (Å²) in [6, 6.07) is 7.93. The molecule has 0 atom stereocenters. The van der Waals surface area contributed by atoms with E-state index in [1.54, 1.807) is 0 Å². The molecule has 1 aromatic carbocycles. The number of hydrogen-bond donors (Lipinski definition) is 2. The second-order valence-corrected chi connectivity index (χ2v) is 7.31. The lowest BCUT2D eigenvalue weighted by Gasteiger charge is -2.38. The van der Waals surface area contributed by atoms with E-state index in [1.165, 1.54) is 0 Å². The van der Waals surface area contributed by atoms with Crippen molar-refractivity contribution in [2.45, 2.75) is 20.8 Å². The average Bonchev–Trinajstić information content (AvgIpc) is 2.58. The lowest BCUT2D eigenvalue weighted by Crippen LogP contribution is -2.53. The number of amides is 1. The highest BCUT2D eigenvalue weighted by atomic mass is 35.5. The summed E-state index contributed by atoms with van der Waals surface area (Å²) < 4.78 is 0. The highest BCUT2D eigenvalue weighted by Gasteiger charge is 2.26. The van der Waals surface area contributed by atoms with Crippen LogP contribution in [0.3, 0.4) is 0 Å². The van der Waals surface area contributed by atoms with Crippen LogP contribution in [0.25, 0.3) is 0 Å². The quantitative estimate of drug-likeness (QED) is 0.617. The van der Waals surface area contributed by atoms with Crippen LogP contribution >= 0.6 is 11.6 Å². The van der Waals surface area contributed by atoms with E-state index in [9.17, 15) is 4.79 Å². The molecule has 1 amide bonds. The topological polar surface area (TPSA) is 74.0 Å². The van der Waals surface area contributed by atoms with E-state index in [0.717, 1.165) is 49.4 Å². The molecule has 0 aromatic heterocycles. The number of benzene rings is 1. The molecule has 1 saturated heterocycles. The minimum Gasteiger partial charge on any atom is -0.369 e. The lowest BCUT2D eigenvalue weighted by molar-refractivity contribution is -0.125. The second kappa shape index (κ2) is 8.43. The highest BCUT2D eigenvalue weighted by Crippen LogP contribution is 2.21. The third-order valence-electron chi connectivity index (χ3n) is 4.38. The zero-order valence-electron chi connectivity index (χ0n) is 15.3. The van der Waals surface area contributed by atoms with E-state index in [1.807, 2.05) is 39.0 Å². The number of nitrogens with two attached hydrogens (primary N) is 1. The van der Waals surface area contributed by atoms with Crippen molar-refractivity contribution in [3.63, 3.8) is 0 Å². The van der Waals surface area contributed by atoms with Gasteiger partial charge in [-0.1, -0.05) is 17.7 Å². The summed E-state index contributed by atoms with van der Waals surface area (Å²) in [7, 11) is 0. The zero-order valence-corrected chi connectivity index (χ0v) is 16.0. The number of rotatable bonds is 5. The van der Waals surface area contributed by atoms with Crippen molar-refractivity contribution in [2.75, 3.05) is 44.2 Å². The standard InChI is InChI=1S/C18H28ClN5O/c1-4-21-17(22-13-18(2,3)16(20)25)24-10-8-23(9-11-24)15-7-5-6-14(19)12-15/h5-7,12H,4,8-11,13H2,1-3H3,(H2,20,25)(H,21,22). The van der Waals surface area contributed by atoms with Gasteiger partial charge in [-0.15, -0.1) is 0 Å². The van der Waals surface area contributed by atoms with Gasteiger partial charge in [-0.25, -0.2) is 0 Å². The maximum atomic E-state index is 11.5. The largest absolute Gasteiger partial charge is 0.369 e. The number of nitrogens with one attached hydrogen (secondary N) is 1. The van der Waals surface area contributed by atoms with Crippen molar-refractivity contribution in [2.24, 2.45) is 16.1 Å². The number of primary amides is 1. The van der Waals surface area contributed by atoms with Gasteiger partial charge in [0, 0.05) is 43.4 Å². The summed E-state index contributed by atoms with van der Waals surface area (Å²) in [5.74, 6) is 0.500. The van der Waals surface area contributed by atoms with Gasteiger partial charge in [-0.2, -0.15) is 0 Å². The van der Waals surface area contributed by atoms with E-state index in [0.29, 0.717) is 6.54 Å². The summed E-state index contributed by atoms with van der Waals surface area (Å²) in [6.45, 7) is 10.3. The molecular formula is C18H28ClN5O. The third kappa shape index (κ3) is 5.26.